The molecule has 1 amide bonds. The molecule has 1 heterocycles. The van der Waals surface area contributed by atoms with Crippen molar-refractivity contribution in [2.45, 2.75) is 39.2 Å². The average Bonchev–Trinajstić information content (AvgIpc) is 2.74. The first kappa shape index (κ1) is 11.5. The molecular weight excluding hydrogens is 226 g/mol. The molecular formula is C12H16ClNO2. The highest BCUT2D eigenvalue weighted by molar-refractivity contribution is 6.32. The molecule has 0 spiro atoms. The zero-order chi connectivity index (χ0) is 11.8. The van der Waals surface area contributed by atoms with Crippen molar-refractivity contribution in [3.05, 3.63) is 23.1 Å². The summed E-state index contributed by atoms with van der Waals surface area (Å²) in [6.07, 6.45) is 4.78. The number of amides is 1. The molecule has 0 aromatic carbocycles. The highest BCUT2D eigenvalue weighted by Crippen LogP contribution is 2.37. The van der Waals surface area contributed by atoms with Crippen LogP contribution in [0.4, 0.5) is 0 Å². The Morgan fingerprint density at radius 2 is 2.38 bits per heavy atom. The zero-order valence-corrected chi connectivity index (χ0v) is 10.3. The molecule has 0 radical (unpaired) electrons. The van der Waals surface area contributed by atoms with Crippen molar-refractivity contribution >= 4 is 17.5 Å². The molecule has 88 valence electrons. The topological polar surface area (TPSA) is 42.2 Å². The summed E-state index contributed by atoms with van der Waals surface area (Å²) in [6.45, 7) is 4.36. The summed E-state index contributed by atoms with van der Waals surface area (Å²) in [6, 6.07) is 1.82. The van der Waals surface area contributed by atoms with Gasteiger partial charge in [-0.1, -0.05) is 20.3 Å². The van der Waals surface area contributed by atoms with Crippen molar-refractivity contribution in [2.75, 3.05) is 0 Å². The molecule has 1 N–H and O–H groups in total. The third-order valence-corrected chi connectivity index (χ3v) is 3.72. The second-order valence-electron chi connectivity index (χ2n) is 5.01. The van der Waals surface area contributed by atoms with Crippen LogP contribution in [-0.4, -0.2) is 11.9 Å². The molecule has 1 aliphatic rings. The Bertz CT molecular complexity index is 397. The third kappa shape index (κ3) is 2.09. The molecule has 1 unspecified atom stereocenters. The van der Waals surface area contributed by atoms with Crippen molar-refractivity contribution in [1.29, 1.82) is 0 Å². The maximum absolute atomic E-state index is 11.9. The molecule has 1 aromatic heterocycles. The standard InChI is InChI=1S/C12H16ClNO2/c1-12(2)6-3-4-9(12)14-11(15)8-5-7-16-10(8)13/h5,7,9H,3-4,6H2,1-2H3,(H,14,15). The van der Waals surface area contributed by atoms with Gasteiger partial charge in [0.15, 0.2) is 0 Å². The number of rotatable bonds is 2. The van der Waals surface area contributed by atoms with Gasteiger partial charge in [-0.15, -0.1) is 0 Å². The van der Waals surface area contributed by atoms with Crippen LogP contribution in [0.2, 0.25) is 5.22 Å². The molecule has 1 aliphatic carbocycles. The number of hydrogen-bond acceptors (Lipinski definition) is 2. The molecule has 0 aliphatic heterocycles. The highest BCUT2D eigenvalue weighted by Gasteiger charge is 2.35. The lowest BCUT2D eigenvalue weighted by Crippen LogP contribution is -2.41. The summed E-state index contributed by atoms with van der Waals surface area (Å²) in [5.74, 6) is -0.140. The van der Waals surface area contributed by atoms with Gasteiger partial charge < -0.3 is 9.73 Å². The van der Waals surface area contributed by atoms with Crippen LogP contribution in [0.15, 0.2) is 16.7 Å². The molecule has 4 heteroatoms. The minimum absolute atomic E-state index is 0.140. The molecule has 2 rings (SSSR count). The van der Waals surface area contributed by atoms with E-state index in [1.54, 1.807) is 6.07 Å². The Balaban J connectivity index is 2.06. The summed E-state index contributed by atoms with van der Waals surface area (Å²) in [5.41, 5.74) is 0.593. The van der Waals surface area contributed by atoms with Crippen LogP contribution >= 0.6 is 11.6 Å². The van der Waals surface area contributed by atoms with E-state index < -0.39 is 0 Å². The van der Waals surface area contributed by atoms with Gasteiger partial charge >= 0.3 is 0 Å². The Labute approximate surface area is 100 Å². The first-order valence-electron chi connectivity index (χ1n) is 5.54. The maximum atomic E-state index is 11.9. The maximum Gasteiger partial charge on any atom is 0.256 e. The quantitative estimate of drug-likeness (QED) is 0.864. The summed E-state index contributed by atoms with van der Waals surface area (Å²) < 4.78 is 4.91. The molecule has 16 heavy (non-hydrogen) atoms. The van der Waals surface area contributed by atoms with Crippen LogP contribution in [0.5, 0.6) is 0 Å². The number of furan rings is 1. The molecule has 0 bridgehead atoms. The lowest BCUT2D eigenvalue weighted by molar-refractivity contribution is 0.0909. The van der Waals surface area contributed by atoms with E-state index in [2.05, 4.69) is 19.2 Å². The summed E-state index contributed by atoms with van der Waals surface area (Å²) in [4.78, 5) is 11.9. The van der Waals surface area contributed by atoms with Gasteiger partial charge in [-0.3, -0.25) is 4.79 Å². The highest BCUT2D eigenvalue weighted by atomic mass is 35.5. The normalized spacial score (nSPS) is 23.3. The van der Waals surface area contributed by atoms with Gasteiger partial charge in [0.1, 0.15) is 0 Å². The second kappa shape index (κ2) is 4.13. The van der Waals surface area contributed by atoms with Crippen LogP contribution in [0, 0.1) is 5.41 Å². The summed E-state index contributed by atoms with van der Waals surface area (Å²) in [5, 5.41) is 3.19. The van der Waals surface area contributed by atoms with Crippen LogP contribution in [-0.2, 0) is 0 Å². The predicted molar refractivity (Wildman–Crippen MR) is 62.6 cm³/mol. The summed E-state index contributed by atoms with van der Waals surface area (Å²) in [7, 11) is 0. The fraction of sp³-hybridized carbons (Fsp3) is 0.583. The monoisotopic (exact) mass is 241 g/mol. The Kier molecular flexibility index (Phi) is 2.98. The molecule has 1 atom stereocenters. The van der Waals surface area contributed by atoms with Gasteiger partial charge in [-0.2, -0.15) is 0 Å². The Morgan fingerprint density at radius 3 is 2.88 bits per heavy atom. The molecule has 1 fully saturated rings. The first-order chi connectivity index (χ1) is 7.50. The van der Waals surface area contributed by atoms with Crippen molar-refractivity contribution in [2.24, 2.45) is 5.41 Å². The largest absolute Gasteiger partial charge is 0.452 e. The molecule has 1 saturated carbocycles. The van der Waals surface area contributed by atoms with Gasteiger partial charge in [0.25, 0.3) is 5.91 Å². The minimum atomic E-state index is -0.140. The lowest BCUT2D eigenvalue weighted by atomic mass is 9.87. The van der Waals surface area contributed by atoms with Gasteiger partial charge in [0.2, 0.25) is 5.22 Å². The van der Waals surface area contributed by atoms with E-state index >= 15 is 0 Å². The van der Waals surface area contributed by atoms with Gasteiger partial charge in [-0.25, -0.2) is 0 Å². The van der Waals surface area contributed by atoms with E-state index in [1.165, 1.54) is 6.26 Å². The van der Waals surface area contributed by atoms with Crippen molar-refractivity contribution in [3.8, 4) is 0 Å². The van der Waals surface area contributed by atoms with E-state index in [9.17, 15) is 4.79 Å². The lowest BCUT2D eigenvalue weighted by Gasteiger charge is -2.27. The van der Waals surface area contributed by atoms with Crippen LogP contribution < -0.4 is 5.32 Å². The van der Waals surface area contributed by atoms with E-state index in [4.69, 9.17) is 16.0 Å². The smallest absolute Gasteiger partial charge is 0.256 e. The second-order valence-corrected chi connectivity index (χ2v) is 5.36. The minimum Gasteiger partial charge on any atom is -0.452 e. The number of nitrogens with one attached hydrogen (secondary N) is 1. The van der Waals surface area contributed by atoms with E-state index in [0.717, 1.165) is 19.3 Å². The third-order valence-electron chi connectivity index (χ3n) is 3.43. The zero-order valence-electron chi connectivity index (χ0n) is 9.55. The summed E-state index contributed by atoms with van der Waals surface area (Å²) >= 11 is 5.76. The van der Waals surface area contributed by atoms with Crippen LogP contribution in [0.1, 0.15) is 43.5 Å². The van der Waals surface area contributed by atoms with E-state index in [-0.39, 0.29) is 22.6 Å². The van der Waals surface area contributed by atoms with Gasteiger partial charge in [-0.05, 0) is 35.9 Å². The van der Waals surface area contributed by atoms with Crippen molar-refractivity contribution in [3.63, 3.8) is 0 Å². The number of halogens is 1. The SMILES string of the molecule is CC1(C)CCCC1NC(=O)c1ccoc1Cl. The van der Waals surface area contributed by atoms with Crippen molar-refractivity contribution < 1.29 is 9.21 Å². The van der Waals surface area contributed by atoms with Crippen LogP contribution in [0.3, 0.4) is 0 Å². The Hall–Kier alpha value is -0.960. The molecule has 0 saturated heterocycles. The molecule has 1 aromatic rings. The fourth-order valence-electron chi connectivity index (χ4n) is 2.29. The first-order valence-corrected chi connectivity index (χ1v) is 5.92. The average molecular weight is 242 g/mol. The van der Waals surface area contributed by atoms with Gasteiger partial charge in [0, 0.05) is 6.04 Å². The predicted octanol–water partition coefficient (Wildman–Crippen LogP) is 3.24. The van der Waals surface area contributed by atoms with Gasteiger partial charge in [0.05, 0.1) is 11.8 Å². The number of carbonyl (C=O) groups excluding carboxylic acids is 1. The number of carbonyl (C=O) groups is 1. The fourth-order valence-corrected chi connectivity index (χ4v) is 2.49. The van der Waals surface area contributed by atoms with E-state index in [1.807, 2.05) is 0 Å². The molecule has 3 nitrogen and oxygen atoms in total. The number of hydrogen-bond donors (Lipinski definition) is 1. The van der Waals surface area contributed by atoms with E-state index in [0.29, 0.717) is 5.56 Å². The van der Waals surface area contributed by atoms with Crippen LogP contribution in [0.25, 0.3) is 0 Å². The van der Waals surface area contributed by atoms with Crippen molar-refractivity contribution in [1.82, 2.24) is 5.32 Å². The Morgan fingerprint density at radius 1 is 1.62 bits per heavy atom.